The van der Waals surface area contributed by atoms with Crippen molar-refractivity contribution in [1.82, 2.24) is 30.0 Å². The van der Waals surface area contributed by atoms with E-state index in [1.54, 1.807) is 29.1 Å². The molecule has 4 rings (SSSR count). The summed E-state index contributed by atoms with van der Waals surface area (Å²) in [5, 5.41) is 11.6. The molecule has 8 nitrogen and oxygen atoms in total. The molecule has 8 heteroatoms. The molecule has 3 aromatic heterocycles. The molecule has 4 aromatic rings. The number of aromatic nitrogens is 5. The van der Waals surface area contributed by atoms with Crippen LogP contribution in [0.3, 0.4) is 0 Å². The lowest BCUT2D eigenvalue weighted by molar-refractivity contribution is 0.578. The number of hydrogen-bond donors (Lipinski definition) is 1. The van der Waals surface area contributed by atoms with Crippen LogP contribution in [0.2, 0.25) is 0 Å². The van der Waals surface area contributed by atoms with Crippen molar-refractivity contribution in [3.05, 3.63) is 69.9 Å². The summed E-state index contributed by atoms with van der Waals surface area (Å²) in [7, 11) is 1.92. The van der Waals surface area contributed by atoms with E-state index in [0.717, 1.165) is 23.2 Å². The van der Waals surface area contributed by atoms with Gasteiger partial charge in [-0.3, -0.25) is 9.78 Å². The normalized spacial score (nSPS) is 10.8. The smallest absolute Gasteiger partial charge is 0.268 e. The number of nitrogens with zero attached hydrogens (tertiary/aromatic N) is 5. The Morgan fingerprint density at radius 1 is 1.09 bits per heavy atom. The maximum atomic E-state index is 12.1. The predicted molar refractivity (Wildman–Crippen MR) is 137 cm³/mol. The second-order valence-corrected chi connectivity index (χ2v) is 8.04. The molecule has 0 radical (unpaired) electrons. The molecule has 0 saturated carbocycles. The summed E-state index contributed by atoms with van der Waals surface area (Å²) >= 11 is 0. The standard InChI is InChI=1S/C24H26N6O2.C2H6.H2/c1-14(2)30-13-18(7-9-21(30)31)20-12-26-16(4)22(27-20)24-29-28-23(32-24)19-8-6-17(11-25-5)10-15(19)3;1-2;/h6-10,12-14,25H,11H2,1-5H3;1-2H3;1H. The van der Waals surface area contributed by atoms with Gasteiger partial charge in [0.2, 0.25) is 5.89 Å². The number of hydrogen-bond acceptors (Lipinski definition) is 7. The van der Waals surface area contributed by atoms with Crippen LogP contribution < -0.4 is 10.9 Å². The van der Waals surface area contributed by atoms with Crippen molar-refractivity contribution in [1.29, 1.82) is 0 Å². The molecule has 180 valence electrons. The molecule has 0 saturated heterocycles. The Morgan fingerprint density at radius 2 is 1.82 bits per heavy atom. The highest BCUT2D eigenvalue weighted by Gasteiger charge is 2.17. The van der Waals surface area contributed by atoms with Gasteiger partial charge >= 0.3 is 0 Å². The molecule has 0 spiro atoms. The summed E-state index contributed by atoms with van der Waals surface area (Å²) in [6.07, 6.45) is 3.48. The summed E-state index contributed by atoms with van der Waals surface area (Å²) in [5.41, 5.74) is 5.70. The second kappa shape index (κ2) is 11.0. The molecule has 1 aromatic carbocycles. The van der Waals surface area contributed by atoms with Crippen LogP contribution in [0.4, 0.5) is 0 Å². The van der Waals surface area contributed by atoms with E-state index >= 15 is 0 Å². The van der Waals surface area contributed by atoms with Crippen molar-refractivity contribution in [2.45, 2.75) is 54.1 Å². The molecule has 0 aliphatic carbocycles. The monoisotopic (exact) mass is 462 g/mol. The minimum absolute atomic E-state index is 0. The van der Waals surface area contributed by atoms with E-state index in [2.05, 4.69) is 26.6 Å². The van der Waals surface area contributed by atoms with Crippen molar-refractivity contribution in [3.63, 3.8) is 0 Å². The van der Waals surface area contributed by atoms with E-state index in [9.17, 15) is 4.79 Å². The molecule has 0 fully saturated rings. The van der Waals surface area contributed by atoms with Gasteiger partial charge in [-0.2, -0.15) is 0 Å². The van der Waals surface area contributed by atoms with Crippen molar-refractivity contribution in [2.75, 3.05) is 7.05 Å². The highest BCUT2D eigenvalue weighted by molar-refractivity contribution is 5.64. The Balaban J connectivity index is 0.00000140. The van der Waals surface area contributed by atoms with E-state index in [1.807, 2.05) is 60.7 Å². The molecule has 0 atom stereocenters. The van der Waals surface area contributed by atoms with Gasteiger partial charge in [-0.05, 0) is 58.0 Å². The van der Waals surface area contributed by atoms with Crippen LogP contribution in [-0.4, -0.2) is 31.8 Å². The predicted octanol–water partition coefficient (Wildman–Crippen LogP) is 5.21. The van der Waals surface area contributed by atoms with E-state index in [-0.39, 0.29) is 13.0 Å². The number of benzene rings is 1. The largest absolute Gasteiger partial charge is 0.415 e. The van der Waals surface area contributed by atoms with Gasteiger partial charge in [0, 0.05) is 37.4 Å². The van der Waals surface area contributed by atoms with Gasteiger partial charge in [0.05, 0.1) is 17.6 Å². The van der Waals surface area contributed by atoms with Crippen molar-refractivity contribution < 1.29 is 5.84 Å². The summed E-state index contributed by atoms with van der Waals surface area (Å²) in [6, 6.07) is 9.47. The first-order valence-corrected chi connectivity index (χ1v) is 11.5. The molecule has 0 amide bonds. The fourth-order valence-electron chi connectivity index (χ4n) is 3.56. The van der Waals surface area contributed by atoms with Crippen LogP contribution in [-0.2, 0) is 6.54 Å². The number of rotatable bonds is 6. The lowest BCUT2D eigenvalue weighted by atomic mass is 10.1. The van der Waals surface area contributed by atoms with E-state index in [1.165, 1.54) is 5.56 Å². The molecule has 0 aliphatic heterocycles. The lowest BCUT2D eigenvalue weighted by Crippen LogP contribution is -2.20. The maximum Gasteiger partial charge on any atom is 0.268 e. The summed E-state index contributed by atoms with van der Waals surface area (Å²) in [6.45, 7) is 12.6. The highest BCUT2D eigenvalue weighted by atomic mass is 16.4. The van der Waals surface area contributed by atoms with Crippen molar-refractivity contribution >= 4 is 0 Å². The zero-order valence-electron chi connectivity index (χ0n) is 20.9. The first kappa shape index (κ1) is 25.0. The third-order valence-electron chi connectivity index (χ3n) is 5.28. The molecule has 0 bridgehead atoms. The zero-order valence-corrected chi connectivity index (χ0v) is 20.9. The van der Waals surface area contributed by atoms with Gasteiger partial charge in [0.25, 0.3) is 11.4 Å². The fourth-order valence-corrected chi connectivity index (χ4v) is 3.56. The third kappa shape index (κ3) is 5.28. The number of pyridine rings is 1. The first-order chi connectivity index (χ1) is 16.4. The Labute approximate surface area is 201 Å². The summed E-state index contributed by atoms with van der Waals surface area (Å²) < 4.78 is 7.66. The first-order valence-electron chi connectivity index (χ1n) is 11.5. The SMILES string of the molecule is CC.CNCc1ccc(-c2nnc(-c3nc(-c4ccc(=O)n(C(C)C)c4)cnc3C)o2)c(C)c1.[HH]. The number of aryl methyl sites for hydroxylation is 2. The molecule has 3 heterocycles. The Kier molecular flexibility index (Phi) is 8.07. The van der Waals surface area contributed by atoms with Crippen LogP contribution >= 0.6 is 0 Å². The van der Waals surface area contributed by atoms with Crippen LogP contribution in [0.15, 0.2) is 51.9 Å². The fraction of sp³-hybridized carbons (Fsp3) is 0.346. The molecule has 1 N–H and O–H groups in total. The minimum Gasteiger partial charge on any atom is -0.415 e. The highest BCUT2D eigenvalue weighted by Crippen LogP contribution is 2.28. The maximum absolute atomic E-state index is 12.1. The quantitative estimate of drug-likeness (QED) is 0.420. The molecule has 34 heavy (non-hydrogen) atoms. The molecular formula is C26H34N6O2. The topological polar surface area (TPSA) is 98.7 Å². The second-order valence-electron chi connectivity index (χ2n) is 8.04. The van der Waals surface area contributed by atoms with Gasteiger partial charge in [-0.25, -0.2) is 4.98 Å². The molecule has 0 aliphatic rings. The van der Waals surface area contributed by atoms with Gasteiger partial charge in [0.15, 0.2) is 0 Å². The lowest BCUT2D eigenvalue weighted by Gasteiger charge is -2.11. The number of nitrogens with one attached hydrogen (secondary N) is 1. The third-order valence-corrected chi connectivity index (χ3v) is 5.28. The van der Waals surface area contributed by atoms with E-state index in [4.69, 9.17) is 9.40 Å². The van der Waals surface area contributed by atoms with Gasteiger partial charge < -0.3 is 14.3 Å². The molecular weight excluding hydrogens is 428 g/mol. The minimum atomic E-state index is -0.0540. The van der Waals surface area contributed by atoms with E-state index < -0.39 is 0 Å². The van der Waals surface area contributed by atoms with Crippen LogP contribution in [0.5, 0.6) is 0 Å². The molecule has 0 unspecified atom stereocenters. The van der Waals surface area contributed by atoms with Gasteiger partial charge in [0.1, 0.15) is 5.69 Å². The van der Waals surface area contributed by atoms with Gasteiger partial charge in [-0.1, -0.05) is 26.0 Å². The van der Waals surface area contributed by atoms with Crippen LogP contribution in [0.1, 0.15) is 52.0 Å². The average Bonchev–Trinajstić information content (AvgIpc) is 3.31. The Bertz CT molecular complexity index is 1330. The van der Waals surface area contributed by atoms with Crippen LogP contribution in [0.25, 0.3) is 34.3 Å². The zero-order chi connectivity index (χ0) is 24.8. The van der Waals surface area contributed by atoms with E-state index in [0.29, 0.717) is 28.9 Å². The Morgan fingerprint density at radius 3 is 2.50 bits per heavy atom. The summed E-state index contributed by atoms with van der Waals surface area (Å²) in [5.74, 6) is 0.746. The van der Waals surface area contributed by atoms with Crippen LogP contribution in [0, 0.1) is 13.8 Å². The van der Waals surface area contributed by atoms with Crippen molar-refractivity contribution in [3.8, 4) is 34.3 Å². The van der Waals surface area contributed by atoms with Crippen molar-refractivity contribution in [2.24, 2.45) is 0 Å². The average molecular weight is 463 g/mol. The van der Waals surface area contributed by atoms with Gasteiger partial charge in [-0.15, -0.1) is 10.2 Å². The Hall–Kier alpha value is -3.65. The summed E-state index contributed by atoms with van der Waals surface area (Å²) in [4.78, 5) is 21.3.